The summed E-state index contributed by atoms with van der Waals surface area (Å²) in [5.74, 6) is 0.236. The van der Waals surface area contributed by atoms with E-state index in [2.05, 4.69) is 10.0 Å². The van der Waals surface area contributed by atoms with Gasteiger partial charge in [-0.15, -0.1) is 11.6 Å². The maximum atomic E-state index is 12.2. The Kier molecular flexibility index (Phi) is 14.9. The summed E-state index contributed by atoms with van der Waals surface area (Å²) in [6.45, 7) is 0.209. The molecule has 5 atom stereocenters. The number of halogens is 1. The first kappa shape index (κ1) is 34.5. The number of hydrogen-bond acceptors (Lipinski definition) is 8. The van der Waals surface area contributed by atoms with E-state index in [-0.39, 0.29) is 38.7 Å². The van der Waals surface area contributed by atoms with Crippen LogP contribution in [0.15, 0.2) is 96.1 Å². The molecule has 0 bridgehead atoms. The lowest BCUT2D eigenvalue weighted by Gasteiger charge is -2.37. The summed E-state index contributed by atoms with van der Waals surface area (Å²) < 4.78 is 48.8. The third-order valence-corrected chi connectivity index (χ3v) is 7.39. The summed E-state index contributed by atoms with van der Waals surface area (Å²) in [5, 5.41) is 15.5. The van der Waals surface area contributed by atoms with Crippen molar-refractivity contribution < 1.29 is 31.9 Å². The smallest absolute Gasteiger partial charge is 0.264 e. The van der Waals surface area contributed by atoms with Crippen molar-refractivity contribution in [2.75, 3.05) is 18.7 Å². The molecule has 0 amide bonds. The van der Waals surface area contributed by atoms with Gasteiger partial charge in [0.25, 0.3) is 10.1 Å². The van der Waals surface area contributed by atoms with Gasteiger partial charge in [0, 0.05) is 10.8 Å². The van der Waals surface area contributed by atoms with Crippen LogP contribution < -0.4 is 0 Å². The SMILES string of the molecule is CS(=O)(=O)O[C@H](CCCCl)[C@@H](O)[C@@H](OCc1ccccc1)[C@H](OCc1ccccc1)[C@@H](CN=[N+]=[N-])OCc1ccccc1. The van der Waals surface area contributed by atoms with Gasteiger partial charge < -0.3 is 19.3 Å². The molecule has 0 saturated heterocycles. The predicted octanol–water partition coefficient (Wildman–Crippen LogP) is 5.78. The first-order valence-electron chi connectivity index (χ1n) is 13.9. The van der Waals surface area contributed by atoms with Gasteiger partial charge in [-0.05, 0) is 35.1 Å². The Bertz CT molecular complexity index is 1350. The molecule has 0 radical (unpaired) electrons. The number of benzene rings is 3. The van der Waals surface area contributed by atoms with E-state index in [0.29, 0.717) is 6.42 Å². The second-order valence-electron chi connectivity index (χ2n) is 9.93. The highest BCUT2D eigenvalue weighted by Crippen LogP contribution is 2.26. The van der Waals surface area contributed by atoms with Crippen molar-refractivity contribution in [1.82, 2.24) is 0 Å². The lowest BCUT2D eigenvalue weighted by atomic mass is 9.96. The third-order valence-electron chi connectivity index (χ3n) is 6.53. The summed E-state index contributed by atoms with van der Waals surface area (Å²) in [5.41, 5.74) is 11.7. The van der Waals surface area contributed by atoms with Gasteiger partial charge >= 0.3 is 0 Å². The molecular weight excluding hydrogens is 594 g/mol. The molecule has 0 aromatic heterocycles. The van der Waals surface area contributed by atoms with Crippen LogP contribution in [0, 0.1) is 0 Å². The number of aliphatic hydroxyl groups excluding tert-OH is 1. The fourth-order valence-corrected chi connectivity index (χ4v) is 5.28. The molecule has 12 heteroatoms. The van der Waals surface area contributed by atoms with Crippen molar-refractivity contribution in [3.63, 3.8) is 0 Å². The lowest BCUT2D eigenvalue weighted by molar-refractivity contribution is -0.190. The Morgan fingerprint density at radius 1 is 0.791 bits per heavy atom. The van der Waals surface area contributed by atoms with Crippen LogP contribution in [0.3, 0.4) is 0 Å². The number of hydrogen-bond donors (Lipinski definition) is 1. The minimum absolute atomic E-state index is 0.0712. The molecule has 0 heterocycles. The van der Waals surface area contributed by atoms with Crippen molar-refractivity contribution in [2.24, 2.45) is 5.11 Å². The van der Waals surface area contributed by atoms with Crippen molar-refractivity contribution in [3.8, 4) is 0 Å². The van der Waals surface area contributed by atoms with E-state index in [4.69, 9.17) is 30.0 Å². The van der Waals surface area contributed by atoms with Crippen LogP contribution in [0.25, 0.3) is 10.4 Å². The first-order valence-corrected chi connectivity index (χ1v) is 16.3. The highest BCUT2D eigenvalue weighted by molar-refractivity contribution is 7.86. The Hall–Kier alpha value is -2.99. The highest BCUT2D eigenvalue weighted by Gasteiger charge is 2.41. The molecule has 0 unspecified atom stereocenters. The average Bonchev–Trinajstić information content (AvgIpc) is 3.02. The molecule has 10 nitrogen and oxygen atoms in total. The van der Waals surface area contributed by atoms with Crippen LogP contribution in [-0.4, -0.2) is 62.7 Å². The zero-order chi connectivity index (χ0) is 30.9. The highest BCUT2D eigenvalue weighted by atomic mass is 35.5. The van der Waals surface area contributed by atoms with Gasteiger partial charge in [-0.1, -0.05) is 96.1 Å². The average molecular weight is 632 g/mol. The fourth-order valence-electron chi connectivity index (χ4n) is 4.47. The van der Waals surface area contributed by atoms with E-state index in [0.717, 1.165) is 22.9 Å². The largest absolute Gasteiger partial charge is 0.388 e. The standard InChI is InChI=1S/C31H38ClN3O7S/c1-43(37,38)42-27(18-11-19-32)29(36)31(41-23-26-16-9-4-10-17-26)30(40-22-25-14-7-3-8-15-25)28(20-34-35-33)39-21-24-12-5-2-6-13-24/h2-10,12-17,27-31,36H,11,18-23H2,1H3/t27-,28-,29-,30-,31-/m1/s1. The quantitative estimate of drug-likeness (QED) is 0.0548. The van der Waals surface area contributed by atoms with Crippen LogP contribution >= 0.6 is 11.6 Å². The van der Waals surface area contributed by atoms with Crippen LogP contribution in [0.1, 0.15) is 29.5 Å². The van der Waals surface area contributed by atoms with Crippen molar-refractivity contribution >= 4 is 21.7 Å². The lowest BCUT2D eigenvalue weighted by Crippen LogP contribution is -2.53. The van der Waals surface area contributed by atoms with Crippen LogP contribution in [0.2, 0.25) is 0 Å². The second-order valence-corrected chi connectivity index (χ2v) is 11.9. The zero-order valence-electron chi connectivity index (χ0n) is 24.0. The van der Waals surface area contributed by atoms with Gasteiger partial charge in [-0.2, -0.15) is 8.42 Å². The predicted molar refractivity (Wildman–Crippen MR) is 165 cm³/mol. The van der Waals surface area contributed by atoms with Crippen LogP contribution in [0.5, 0.6) is 0 Å². The van der Waals surface area contributed by atoms with E-state index in [1.165, 1.54) is 0 Å². The minimum Gasteiger partial charge on any atom is -0.388 e. The summed E-state index contributed by atoms with van der Waals surface area (Å²) in [6, 6.07) is 28.2. The fraction of sp³-hybridized carbons (Fsp3) is 0.419. The van der Waals surface area contributed by atoms with Gasteiger partial charge in [-0.25, -0.2) is 0 Å². The monoisotopic (exact) mass is 631 g/mol. The molecule has 1 N–H and O–H groups in total. The molecule has 0 spiro atoms. The normalized spacial score (nSPS) is 15.1. The molecule has 0 aliphatic carbocycles. The van der Waals surface area contributed by atoms with Gasteiger partial charge in [0.2, 0.25) is 0 Å². The molecular formula is C31H38ClN3O7S. The zero-order valence-corrected chi connectivity index (χ0v) is 25.6. The molecule has 43 heavy (non-hydrogen) atoms. The van der Waals surface area contributed by atoms with Crippen molar-refractivity contribution in [2.45, 2.75) is 63.2 Å². The van der Waals surface area contributed by atoms with Crippen molar-refractivity contribution in [3.05, 3.63) is 118 Å². The van der Waals surface area contributed by atoms with Crippen LogP contribution in [0.4, 0.5) is 0 Å². The maximum absolute atomic E-state index is 12.2. The first-order chi connectivity index (χ1) is 20.8. The minimum atomic E-state index is -3.96. The van der Waals surface area contributed by atoms with E-state index in [1.807, 2.05) is 91.0 Å². The molecule has 0 fully saturated rings. The number of nitrogens with zero attached hydrogens (tertiary/aromatic N) is 3. The van der Waals surface area contributed by atoms with E-state index < -0.39 is 40.6 Å². The Labute approximate surface area is 258 Å². The molecule has 3 rings (SSSR count). The third kappa shape index (κ3) is 12.6. The Morgan fingerprint density at radius 3 is 1.70 bits per heavy atom. The Morgan fingerprint density at radius 2 is 1.26 bits per heavy atom. The molecule has 0 aliphatic rings. The number of alkyl halides is 1. The Balaban J connectivity index is 2.02. The molecule has 3 aromatic rings. The van der Waals surface area contributed by atoms with E-state index in [1.54, 1.807) is 0 Å². The van der Waals surface area contributed by atoms with Crippen LogP contribution in [-0.2, 0) is 48.3 Å². The van der Waals surface area contributed by atoms with Gasteiger partial charge in [0.1, 0.15) is 24.4 Å². The summed E-state index contributed by atoms with van der Waals surface area (Å²) in [7, 11) is -3.96. The topological polar surface area (TPSA) is 140 Å². The number of ether oxygens (including phenoxy) is 3. The molecule has 0 saturated carbocycles. The number of rotatable bonds is 20. The van der Waals surface area contributed by atoms with Gasteiger partial charge in [0.05, 0.1) is 38.7 Å². The summed E-state index contributed by atoms with van der Waals surface area (Å²) in [4.78, 5) is 2.92. The van der Waals surface area contributed by atoms with Crippen molar-refractivity contribution in [1.29, 1.82) is 0 Å². The summed E-state index contributed by atoms with van der Waals surface area (Å²) >= 11 is 5.92. The molecule has 3 aromatic carbocycles. The molecule has 0 aliphatic heterocycles. The van der Waals surface area contributed by atoms with Gasteiger partial charge in [0.15, 0.2) is 0 Å². The molecule has 232 valence electrons. The summed E-state index contributed by atoms with van der Waals surface area (Å²) in [6.07, 6.45) is -4.31. The number of azide groups is 1. The van der Waals surface area contributed by atoms with E-state index >= 15 is 0 Å². The second kappa shape index (κ2) is 18.6. The maximum Gasteiger partial charge on any atom is 0.264 e. The van der Waals surface area contributed by atoms with Gasteiger partial charge in [-0.3, -0.25) is 4.18 Å². The number of aliphatic hydroxyl groups is 1. The van der Waals surface area contributed by atoms with E-state index in [9.17, 15) is 19.1 Å².